The molecule has 0 bridgehead atoms. The van der Waals surface area contributed by atoms with Gasteiger partial charge in [-0.3, -0.25) is 9.59 Å². The maximum Gasteiger partial charge on any atom is 0.256 e. The number of carbonyl (C=O) groups is 2. The Labute approximate surface area is 129 Å². The lowest BCUT2D eigenvalue weighted by atomic mass is 10.1. The Bertz CT molecular complexity index is 705. The highest BCUT2D eigenvalue weighted by atomic mass is 16.2. The van der Waals surface area contributed by atoms with Gasteiger partial charge < -0.3 is 5.32 Å². The summed E-state index contributed by atoms with van der Waals surface area (Å²) in [6.45, 7) is 4.02. The summed E-state index contributed by atoms with van der Waals surface area (Å²) in [6, 6.07) is 14.6. The van der Waals surface area contributed by atoms with Crippen molar-refractivity contribution in [1.29, 1.82) is 0 Å². The van der Waals surface area contributed by atoms with Crippen LogP contribution in [0.5, 0.6) is 0 Å². The van der Waals surface area contributed by atoms with Gasteiger partial charge in [-0.1, -0.05) is 24.3 Å². The van der Waals surface area contributed by atoms with Gasteiger partial charge in [0.15, 0.2) is 0 Å². The number of nitrogens with zero attached hydrogens (tertiary/aromatic N) is 1. The number of aryl methyl sites for hydroxylation is 2. The predicted molar refractivity (Wildman–Crippen MR) is 86.9 cm³/mol. The van der Waals surface area contributed by atoms with Gasteiger partial charge in [0.05, 0.1) is 12.1 Å². The van der Waals surface area contributed by atoms with E-state index in [1.807, 2.05) is 44.2 Å². The molecule has 22 heavy (non-hydrogen) atoms. The molecule has 0 spiro atoms. The number of rotatable bonds is 3. The van der Waals surface area contributed by atoms with E-state index in [-0.39, 0.29) is 18.2 Å². The number of imide groups is 1. The van der Waals surface area contributed by atoms with Gasteiger partial charge in [-0.05, 0) is 49.2 Å². The van der Waals surface area contributed by atoms with E-state index in [1.54, 1.807) is 12.1 Å². The Balaban J connectivity index is 1.82. The Morgan fingerprint density at radius 2 is 1.64 bits per heavy atom. The van der Waals surface area contributed by atoms with Crippen molar-refractivity contribution in [2.45, 2.75) is 26.3 Å². The Morgan fingerprint density at radius 1 is 1.00 bits per heavy atom. The smallest absolute Gasteiger partial charge is 0.256 e. The largest absolute Gasteiger partial charge is 0.373 e. The van der Waals surface area contributed by atoms with Crippen LogP contribution in [0.25, 0.3) is 0 Å². The van der Waals surface area contributed by atoms with Crippen LogP contribution in [0, 0.1) is 13.8 Å². The third-order valence-electron chi connectivity index (χ3n) is 3.72. The van der Waals surface area contributed by atoms with Crippen molar-refractivity contribution < 1.29 is 9.59 Å². The molecule has 2 amide bonds. The molecule has 1 heterocycles. The Kier molecular flexibility index (Phi) is 3.67. The zero-order valence-corrected chi connectivity index (χ0v) is 12.7. The van der Waals surface area contributed by atoms with Crippen LogP contribution in [-0.2, 0) is 9.59 Å². The number of amides is 2. The van der Waals surface area contributed by atoms with E-state index >= 15 is 0 Å². The fourth-order valence-corrected chi connectivity index (χ4v) is 2.85. The van der Waals surface area contributed by atoms with Gasteiger partial charge in [0.2, 0.25) is 5.91 Å². The molecule has 4 heteroatoms. The molecule has 0 saturated carbocycles. The van der Waals surface area contributed by atoms with Gasteiger partial charge in [0.25, 0.3) is 5.91 Å². The molecule has 0 radical (unpaired) electrons. The van der Waals surface area contributed by atoms with E-state index in [0.29, 0.717) is 5.69 Å². The third kappa shape index (κ3) is 2.72. The maximum atomic E-state index is 12.5. The van der Waals surface area contributed by atoms with Crippen LogP contribution in [0.2, 0.25) is 0 Å². The first-order chi connectivity index (χ1) is 10.5. The Hall–Kier alpha value is -2.62. The second-order valence-corrected chi connectivity index (χ2v) is 5.68. The summed E-state index contributed by atoms with van der Waals surface area (Å²) in [6.07, 6.45) is 0.181. The van der Waals surface area contributed by atoms with Crippen LogP contribution >= 0.6 is 0 Å². The van der Waals surface area contributed by atoms with E-state index in [0.717, 1.165) is 16.8 Å². The van der Waals surface area contributed by atoms with Crippen molar-refractivity contribution in [1.82, 2.24) is 0 Å². The second-order valence-electron chi connectivity index (χ2n) is 5.68. The molecule has 1 N–H and O–H groups in total. The molecule has 1 atom stereocenters. The first-order valence-electron chi connectivity index (χ1n) is 7.31. The zero-order chi connectivity index (χ0) is 15.7. The van der Waals surface area contributed by atoms with E-state index in [9.17, 15) is 9.59 Å². The number of carbonyl (C=O) groups excluding carboxylic acids is 2. The molecule has 1 saturated heterocycles. The molecule has 0 unspecified atom stereocenters. The van der Waals surface area contributed by atoms with Crippen molar-refractivity contribution in [2.75, 3.05) is 10.2 Å². The molecule has 2 aromatic rings. The van der Waals surface area contributed by atoms with Crippen molar-refractivity contribution in [3.8, 4) is 0 Å². The van der Waals surface area contributed by atoms with Crippen LogP contribution in [-0.4, -0.2) is 17.9 Å². The van der Waals surface area contributed by atoms with Crippen LogP contribution in [0.1, 0.15) is 17.5 Å². The first kappa shape index (κ1) is 14.3. The summed E-state index contributed by atoms with van der Waals surface area (Å²) >= 11 is 0. The number of benzene rings is 2. The summed E-state index contributed by atoms with van der Waals surface area (Å²) in [5.74, 6) is -0.367. The summed E-state index contributed by atoms with van der Waals surface area (Å²) in [7, 11) is 0. The van der Waals surface area contributed by atoms with Gasteiger partial charge in [0, 0.05) is 5.69 Å². The van der Waals surface area contributed by atoms with Gasteiger partial charge in [-0.25, -0.2) is 4.90 Å². The highest BCUT2D eigenvalue weighted by Gasteiger charge is 2.39. The fraction of sp³-hybridized carbons (Fsp3) is 0.222. The molecule has 0 aromatic heterocycles. The van der Waals surface area contributed by atoms with Crippen molar-refractivity contribution in [2.24, 2.45) is 0 Å². The maximum absolute atomic E-state index is 12.5. The van der Waals surface area contributed by atoms with Gasteiger partial charge >= 0.3 is 0 Å². The normalized spacial score (nSPS) is 17.9. The van der Waals surface area contributed by atoms with Gasteiger partial charge in [-0.15, -0.1) is 0 Å². The molecule has 112 valence electrons. The number of nitrogens with one attached hydrogen (secondary N) is 1. The van der Waals surface area contributed by atoms with E-state index < -0.39 is 6.04 Å². The average Bonchev–Trinajstić information content (AvgIpc) is 2.73. The molecule has 0 aliphatic carbocycles. The fourth-order valence-electron chi connectivity index (χ4n) is 2.85. The minimum absolute atomic E-state index is 0.168. The predicted octanol–water partition coefficient (Wildman–Crippen LogP) is 3.05. The standard InChI is InChI=1S/C18H18N2O2/c1-12-8-13(2)10-14(9-12)19-16-11-17(21)20(18(16)22)15-6-4-3-5-7-15/h3-10,16,19H,11H2,1-2H3/t16-/m1/s1. The topological polar surface area (TPSA) is 49.4 Å². The van der Waals surface area contributed by atoms with E-state index in [4.69, 9.17) is 0 Å². The summed E-state index contributed by atoms with van der Waals surface area (Å²) in [4.78, 5) is 26.0. The van der Waals surface area contributed by atoms with Crippen molar-refractivity contribution in [3.63, 3.8) is 0 Å². The quantitative estimate of drug-likeness (QED) is 0.885. The minimum atomic E-state index is -0.506. The molecule has 2 aromatic carbocycles. The molecular formula is C18H18N2O2. The summed E-state index contributed by atoms with van der Waals surface area (Å²) in [5, 5.41) is 3.19. The number of para-hydroxylation sites is 1. The SMILES string of the molecule is Cc1cc(C)cc(N[C@@H]2CC(=O)N(c3ccccc3)C2=O)c1. The van der Waals surface area contributed by atoms with Crippen LogP contribution in [0.4, 0.5) is 11.4 Å². The third-order valence-corrected chi connectivity index (χ3v) is 3.72. The van der Waals surface area contributed by atoms with Gasteiger partial charge in [0.1, 0.15) is 6.04 Å². The van der Waals surface area contributed by atoms with Crippen LogP contribution < -0.4 is 10.2 Å². The van der Waals surface area contributed by atoms with Crippen molar-refractivity contribution in [3.05, 3.63) is 59.7 Å². The molecule has 1 aliphatic rings. The zero-order valence-electron chi connectivity index (χ0n) is 12.7. The van der Waals surface area contributed by atoms with E-state index in [1.165, 1.54) is 4.90 Å². The number of anilines is 2. The first-order valence-corrected chi connectivity index (χ1v) is 7.31. The Morgan fingerprint density at radius 3 is 2.27 bits per heavy atom. The lowest BCUT2D eigenvalue weighted by Crippen LogP contribution is -2.34. The molecular weight excluding hydrogens is 276 g/mol. The average molecular weight is 294 g/mol. The molecule has 3 rings (SSSR count). The minimum Gasteiger partial charge on any atom is -0.373 e. The lowest BCUT2D eigenvalue weighted by Gasteiger charge is -2.16. The molecule has 1 aliphatic heterocycles. The summed E-state index contributed by atoms with van der Waals surface area (Å²) in [5.41, 5.74) is 3.75. The summed E-state index contributed by atoms with van der Waals surface area (Å²) < 4.78 is 0. The van der Waals surface area contributed by atoms with Crippen LogP contribution in [0.3, 0.4) is 0 Å². The molecule has 4 nitrogen and oxygen atoms in total. The second kappa shape index (κ2) is 5.64. The van der Waals surface area contributed by atoms with Crippen molar-refractivity contribution >= 4 is 23.2 Å². The van der Waals surface area contributed by atoms with Crippen LogP contribution in [0.15, 0.2) is 48.5 Å². The monoisotopic (exact) mass is 294 g/mol. The van der Waals surface area contributed by atoms with E-state index in [2.05, 4.69) is 11.4 Å². The number of hydrogen-bond donors (Lipinski definition) is 1. The van der Waals surface area contributed by atoms with Gasteiger partial charge in [-0.2, -0.15) is 0 Å². The number of hydrogen-bond acceptors (Lipinski definition) is 3. The lowest BCUT2D eigenvalue weighted by molar-refractivity contribution is -0.121. The highest BCUT2D eigenvalue weighted by molar-refractivity contribution is 6.23. The highest BCUT2D eigenvalue weighted by Crippen LogP contribution is 2.25. The molecule has 1 fully saturated rings.